The van der Waals surface area contributed by atoms with Gasteiger partial charge in [0.2, 0.25) is 0 Å². The number of hydrogen-bond donors (Lipinski definition) is 2. The molecule has 5 fully saturated rings. The van der Waals surface area contributed by atoms with E-state index in [1.165, 1.54) is 36.8 Å². The van der Waals surface area contributed by atoms with Crippen LogP contribution in [0.25, 0.3) is 0 Å². The molecular formula is C35H43NO5. The van der Waals surface area contributed by atoms with Crippen LogP contribution in [0.15, 0.2) is 42.5 Å². The third-order valence-corrected chi connectivity index (χ3v) is 12.8. The highest BCUT2D eigenvalue weighted by Crippen LogP contribution is 2.80. The zero-order valence-electron chi connectivity index (χ0n) is 24.5. The van der Waals surface area contributed by atoms with Crippen LogP contribution in [-0.4, -0.2) is 43.0 Å². The number of carboxylic acids is 1. The molecule has 2 N–H and O–H groups in total. The minimum absolute atomic E-state index is 0.0765. The Morgan fingerprint density at radius 3 is 2.61 bits per heavy atom. The predicted molar refractivity (Wildman–Crippen MR) is 155 cm³/mol. The summed E-state index contributed by atoms with van der Waals surface area (Å²) in [5.74, 6) is 3.29. The van der Waals surface area contributed by atoms with E-state index in [-0.39, 0.29) is 28.9 Å². The van der Waals surface area contributed by atoms with Crippen molar-refractivity contribution in [1.82, 2.24) is 5.32 Å². The predicted octanol–water partition coefficient (Wildman–Crippen LogP) is 6.07. The number of carboxylic acid groups (broad SMARTS) is 1. The average Bonchev–Trinajstić information content (AvgIpc) is 3.74. The van der Waals surface area contributed by atoms with Crippen molar-refractivity contribution in [2.45, 2.75) is 93.9 Å². The highest BCUT2D eigenvalue weighted by molar-refractivity contribution is 5.73. The SMILES string of the molecule is COc1ccc2c3c1O[C@H]1[C@@]4(OC)CC[C@@]5(C[C@@H]4C(NC(C)C(=O)O)c4ccccc4)[C@@H](C2)C(CC2CC2)CC[C@]315. The van der Waals surface area contributed by atoms with Crippen LogP contribution in [0.4, 0.5) is 0 Å². The maximum atomic E-state index is 12.2. The van der Waals surface area contributed by atoms with Crippen LogP contribution in [0.5, 0.6) is 11.5 Å². The van der Waals surface area contributed by atoms with Gasteiger partial charge in [0.25, 0.3) is 0 Å². The Kier molecular flexibility index (Phi) is 5.71. The lowest BCUT2D eigenvalue weighted by Gasteiger charge is -2.74. The summed E-state index contributed by atoms with van der Waals surface area (Å²) in [5.41, 5.74) is 3.49. The quantitative estimate of drug-likeness (QED) is 0.390. The monoisotopic (exact) mass is 557 g/mol. The molecule has 0 amide bonds. The van der Waals surface area contributed by atoms with E-state index in [1.54, 1.807) is 14.0 Å². The van der Waals surface area contributed by atoms with Gasteiger partial charge in [-0.2, -0.15) is 0 Å². The fourth-order valence-electron chi connectivity index (χ4n) is 11.0. The van der Waals surface area contributed by atoms with E-state index >= 15 is 0 Å². The van der Waals surface area contributed by atoms with Crippen LogP contribution < -0.4 is 14.8 Å². The first kappa shape index (κ1) is 26.1. The van der Waals surface area contributed by atoms with E-state index in [0.717, 1.165) is 61.0 Å². The zero-order valence-corrected chi connectivity index (χ0v) is 24.5. The molecule has 9 atom stereocenters. The molecule has 7 aliphatic rings. The number of fused-ring (bicyclic) bond motifs is 2. The molecule has 1 heterocycles. The largest absolute Gasteiger partial charge is 0.493 e. The van der Waals surface area contributed by atoms with Crippen molar-refractivity contribution in [1.29, 1.82) is 0 Å². The summed E-state index contributed by atoms with van der Waals surface area (Å²) in [6.45, 7) is 1.76. The molecule has 218 valence electrons. The van der Waals surface area contributed by atoms with Crippen molar-refractivity contribution < 1.29 is 24.1 Å². The van der Waals surface area contributed by atoms with Gasteiger partial charge < -0.3 is 19.3 Å². The second-order valence-corrected chi connectivity index (χ2v) is 14.1. The van der Waals surface area contributed by atoms with Crippen molar-refractivity contribution >= 4 is 5.97 Å². The van der Waals surface area contributed by atoms with E-state index < -0.39 is 17.6 Å². The fraction of sp³-hybridized carbons (Fsp3) is 0.629. The van der Waals surface area contributed by atoms with Gasteiger partial charge in [-0.05, 0) is 92.2 Å². The topological polar surface area (TPSA) is 77.0 Å². The average molecular weight is 558 g/mol. The van der Waals surface area contributed by atoms with Crippen LogP contribution in [0, 0.1) is 29.1 Å². The van der Waals surface area contributed by atoms with Gasteiger partial charge >= 0.3 is 5.97 Å². The molecule has 2 aromatic rings. The lowest BCUT2D eigenvalue weighted by molar-refractivity contribution is -0.284. The third kappa shape index (κ3) is 3.29. The number of ether oxygens (including phenoxy) is 3. The number of hydrogen-bond acceptors (Lipinski definition) is 5. The molecule has 5 saturated carbocycles. The van der Waals surface area contributed by atoms with Gasteiger partial charge in [0.1, 0.15) is 17.7 Å². The van der Waals surface area contributed by atoms with Crippen LogP contribution in [0.1, 0.15) is 81.0 Å². The molecule has 0 radical (unpaired) electrons. The van der Waals surface area contributed by atoms with E-state index in [0.29, 0.717) is 5.92 Å². The van der Waals surface area contributed by atoms with Crippen molar-refractivity contribution in [3.63, 3.8) is 0 Å². The molecule has 6 heteroatoms. The standard InChI is InChI=1S/C35H43NO5/c1-20(31(37)38)36-29(22-7-5-4-6-8-22)26-19-33-15-16-35(26,40-3)32-34(33)14-13-23(17-21-9-10-21)25(33)18-24-11-12-27(39-2)30(41-32)28(24)34/h4-8,11-12,20-21,23,25-26,29,32,36H,9-10,13-19H2,1-3H3,(H,37,38)/t20?,23?,25-,26+,29?,32+,33+,34-,35+/m0/s1. The first-order valence-electron chi connectivity index (χ1n) is 15.8. The third-order valence-electron chi connectivity index (χ3n) is 12.8. The lowest BCUT2D eigenvalue weighted by Crippen LogP contribution is -2.78. The Morgan fingerprint density at radius 2 is 1.90 bits per heavy atom. The number of carbonyl (C=O) groups is 1. The first-order chi connectivity index (χ1) is 19.9. The summed E-state index contributed by atoms with van der Waals surface area (Å²) in [7, 11) is 3.62. The molecular weight excluding hydrogens is 514 g/mol. The minimum atomic E-state index is -0.828. The Balaban J connectivity index is 1.33. The molecule has 2 spiro atoms. The number of methoxy groups -OCH3 is 2. The molecule has 6 nitrogen and oxygen atoms in total. The Morgan fingerprint density at radius 1 is 1.10 bits per heavy atom. The van der Waals surface area contributed by atoms with Crippen molar-refractivity contribution in [2.24, 2.45) is 29.1 Å². The number of nitrogens with one attached hydrogen (secondary N) is 1. The van der Waals surface area contributed by atoms with E-state index in [9.17, 15) is 9.90 Å². The zero-order chi connectivity index (χ0) is 28.1. The molecule has 9 rings (SSSR count). The summed E-state index contributed by atoms with van der Waals surface area (Å²) in [4.78, 5) is 12.2. The number of aliphatic carboxylic acids is 1. The van der Waals surface area contributed by atoms with Crippen LogP contribution >= 0.6 is 0 Å². The van der Waals surface area contributed by atoms with Crippen molar-refractivity contribution in [3.05, 3.63) is 59.2 Å². The van der Waals surface area contributed by atoms with Crippen LogP contribution in [-0.2, 0) is 21.4 Å². The van der Waals surface area contributed by atoms with E-state index in [1.807, 2.05) is 13.2 Å². The summed E-state index contributed by atoms with van der Waals surface area (Å²) in [5, 5.41) is 13.6. The van der Waals surface area contributed by atoms with Crippen LogP contribution in [0.2, 0.25) is 0 Å². The summed E-state index contributed by atoms with van der Waals surface area (Å²) < 4.78 is 19.9. The Labute approximate surface area is 243 Å². The Bertz CT molecular complexity index is 1370. The van der Waals surface area contributed by atoms with Gasteiger partial charge in [-0.3, -0.25) is 10.1 Å². The highest BCUT2D eigenvalue weighted by Gasteiger charge is 2.81. The van der Waals surface area contributed by atoms with Gasteiger partial charge in [-0.1, -0.05) is 49.2 Å². The Hall–Kier alpha value is -2.57. The smallest absolute Gasteiger partial charge is 0.320 e. The molecule has 4 bridgehead atoms. The molecule has 1 aliphatic heterocycles. The lowest BCUT2D eigenvalue weighted by atomic mass is 9.31. The molecule has 3 unspecified atom stereocenters. The van der Waals surface area contributed by atoms with Crippen LogP contribution in [0.3, 0.4) is 0 Å². The van der Waals surface area contributed by atoms with Gasteiger partial charge in [-0.25, -0.2) is 0 Å². The molecule has 6 aliphatic carbocycles. The summed E-state index contributed by atoms with van der Waals surface area (Å²) in [6, 6.07) is 14.1. The van der Waals surface area contributed by atoms with E-state index in [4.69, 9.17) is 14.2 Å². The van der Waals surface area contributed by atoms with Gasteiger partial charge in [-0.15, -0.1) is 0 Å². The summed E-state index contributed by atoms with van der Waals surface area (Å²) in [6.07, 6.45) is 10.7. The van der Waals surface area contributed by atoms with E-state index in [2.05, 4.69) is 41.7 Å². The normalized spacial score (nSPS) is 39.0. The molecule has 41 heavy (non-hydrogen) atoms. The maximum absolute atomic E-state index is 12.2. The van der Waals surface area contributed by atoms with Crippen molar-refractivity contribution in [3.8, 4) is 11.5 Å². The van der Waals surface area contributed by atoms with Gasteiger partial charge in [0.15, 0.2) is 11.5 Å². The second kappa shape index (κ2) is 8.97. The van der Waals surface area contributed by atoms with Gasteiger partial charge in [0.05, 0.1) is 7.11 Å². The second-order valence-electron chi connectivity index (χ2n) is 14.1. The molecule has 0 saturated heterocycles. The number of benzene rings is 2. The number of rotatable bonds is 9. The van der Waals surface area contributed by atoms with Gasteiger partial charge in [0, 0.05) is 30.0 Å². The highest BCUT2D eigenvalue weighted by atomic mass is 16.6. The summed E-state index contributed by atoms with van der Waals surface area (Å²) >= 11 is 0. The minimum Gasteiger partial charge on any atom is -0.493 e. The first-order valence-corrected chi connectivity index (χ1v) is 15.8. The molecule has 0 aromatic heterocycles. The van der Waals surface area contributed by atoms with Crippen molar-refractivity contribution in [2.75, 3.05) is 14.2 Å². The maximum Gasteiger partial charge on any atom is 0.320 e. The fourth-order valence-corrected chi connectivity index (χ4v) is 11.0. The molecule has 2 aromatic carbocycles.